The van der Waals surface area contributed by atoms with Crippen LogP contribution in [0.1, 0.15) is 28.4 Å². The fourth-order valence-electron chi connectivity index (χ4n) is 4.10. The SMILES string of the molecule is CCOc1ccc(C(=O)CN2C(=O)NC(c3ccc(OC)cc3)(c3ccc(OC)cc3)C2=O)cc1. The van der Waals surface area contributed by atoms with Gasteiger partial charge >= 0.3 is 6.03 Å². The van der Waals surface area contributed by atoms with Crippen molar-refractivity contribution in [1.82, 2.24) is 10.2 Å². The molecule has 0 aromatic heterocycles. The molecule has 1 fully saturated rings. The summed E-state index contributed by atoms with van der Waals surface area (Å²) >= 11 is 0. The van der Waals surface area contributed by atoms with Crippen LogP contribution in [0, 0.1) is 0 Å². The van der Waals surface area contributed by atoms with Gasteiger partial charge in [0.25, 0.3) is 5.91 Å². The maximum Gasteiger partial charge on any atom is 0.325 e. The number of rotatable bonds is 9. The van der Waals surface area contributed by atoms with Crippen LogP contribution in [-0.4, -0.2) is 50.0 Å². The molecule has 4 rings (SSSR count). The Kier molecular flexibility index (Phi) is 6.73. The van der Waals surface area contributed by atoms with Crippen molar-refractivity contribution in [2.45, 2.75) is 12.5 Å². The summed E-state index contributed by atoms with van der Waals surface area (Å²) in [4.78, 5) is 40.8. The molecular weight excluding hydrogens is 448 g/mol. The maximum atomic E-state index is 13.9. The molecule has 0 atom stereocenters. The number of methoxy groups -OCH3 is 2. The summed E-state index contributed by atoms with van der Waals surface area (Å²) in [5.41, 5.74) is -0.0505. The summed E-state index contributed by atoms with van der Waals surface area (Å²) < 4.78 is 15.9. The van der Waals surface area contributed by atoms with E-state index in [0.717, 1.165) is 4.90 Å². The number of benzene rings is 3. The van der Waals surface area contributed by atoms with E-state index in [1.54, 1.807) is 87.0 Å². The Bertz CT molecular complexity index is 1170. The molecule has 1 saturated heterocycles. The molecule has 35 heavy (non-hydrogen) atoms. The number of nitrogens with one attached hydrogen (secondary N) is 1. The topological polar surface area (TPSA) is 94.2 Å². The average Bonchev–Trinajstić information content (AvgIpc) is 3.15. The zero-order valence-electron chi connectivity index (χ0n) is 19.7. The van der Waals surface area contributed by atoms with Crippen LogP contribution in [0.25, 0.3) is 0 Å². The second-order valence-electron chi connectivity index (χ2n) is 7.91. The normalized spacial score (nSPS) is 14.4. The molecule has 8 heteroatoms. The number of hydrogen-bond acceptors (Lipinski definition) is 6. The molecule has 3 amide bonds. The third-order valence-electron chi connectivity index (χ3n) is 5.94. The summed E-state index contributed by atoms with van der Waals surface area (Å²) in [7, 11) is 3.09. The minimum atomic E-state index is -1.51. The number of Topliss-reactive ketones (excluding diaryl/α,β-unsaturated/α-hetero) is 1. The highest BCUT2D eigenvalue weighted by Crippen LogP contribution is 2.37. The first-order valence-corrected chi connectivity index (χ1v) is 11.1. The van der Waals surface area contributed by atoms with Gasteiger partial charge in [-0.2, -0.15) is 0 Å². The van der Waals surface area contributed by atoms with Gasteiger partial charge in [0.15, 0.2) is 11.3 Å². The van der Waals surface area contributed by atoms with Gasteiger partial charge in [-0.1, -0.05) is 24.3 Å². The van der Waals surface area contributed by atoms with Crippen molar-refractivity contribution in [2.75, 3.05) is 27.4 Å². The molecule has 0 spiro atoms. The molecule has 3 aromatic rings. The standard InChI is InChI=1S/C27H26N2O6/c1-4-35-23-11-5-18(6-12-23)24(30)17-29-25(31)27(28-26(29)32,19-7-13-21(33-2)14-8-19)20-9-15-22(34-3)16-10-20/h5-16H,4,17H2,1-3H3,(H,28,32). The van der Waals surface area contributed by atoms with Crippen LogP contribution >= 0.6 is 0 Å². The van der Waals surface area contributed by atoms with Crippen LogP contribution in [0.15, 0.2) is 72.8 Å². The monoisotopic (exact) mass is 474 g/mol. The largest absolute Gasteiger partial charge is 0.497 e. The smallest absolute Gasteiger partial charge is 0.325 e. The number of amides is 3. The minimum absolute atomic E-state index is 0.364. The molecule has 3 aromatic carbocycles. The lowest BCUT2D eigenvalue weighted by Gasteiger charge is -2.28. The lowest BCUT2D eigenvalue weighted by molar-refractivity contribution is -0.129. The van der Waals surface area contributed by atoms with Gasteiger partial charge in [-0.25, -0.2) is 4.79 Å². The van der Waals surface area contributed by atoms with Gasteiger partial charge in [0, 0.05) is 5.56 Å². The Morgan fingerprint density at radius 3 is 1.74 bits per heavy atom. The Morgan fingerprint density at radius 1 is 0.800 bits per heavy atom. The van der Waals surface area contributed by atoms with Gasteiger partial charge in [0.05, 0.1) is 27.4 Å². The van der Waals surface area contributed by atoms with E-state index in [1.807, 2.05) is 6.92 Å². The number of ketones is 1. The number of urea groups is 1. The fourth-order valence-corrected chi connectivity index (χ4v) is 4.10. The summed E-state index contributed by atoms with van der Waals surface area (Å²) in [5, 5.41) is 2.84. The zero-order valence-corrected chi connectivity index (χ0v) is 19.7. The van der Waals surface area contributed by atoms with Gasteiger partial charge in [0.2, 0.25) is 0 Å². The van der Waals surface area contributed by atoms with Crippen molar-refractivity contribution in [3.05, 3.63) is 89.5 Å². The molecule has 0 unspecified atom stereocenters. The predicted octanol–water partition coefficient (Wildman–Crippen LogP) is 3.78. The number of ether oxygens (including phenoxy) is 3. The highest BCUT2D eigenvalue weighted by Gasteiger charge is 2.54. The van der Waals surface area contributed by atoms with Gasteiger partial charge in [0.1, 0.15) is 17.2 Å². The van der Waals surface area contributed by atoms with E-state index in [2.05, 4.69) is 5.32 Å². The molecule has 1 aliphatic rings. The molecule has 8 nitrogen and oxygen atoms in total. The molecular formula is C27H26N2O6. The summed E-state index contributed by atoms with van der Waals surface area (Å²) in [6, 6.07) is 19.7. The van der Waals surface area contributed by atoms with Crippen LogP contribution in [0.4, 0.5) is 4.79 Å². The third-order valence-corrected chi connectivity index (χ3v) is 5.94. The first-order chi connectivity index (χ1) is 16.9. The first-order valence-electron chi connectivity index (χ1n) is 11.1. The van der Waals surface area contributed by atoms with Gasteiger partial charge in [-0.05, 0) is 66.6 Å². The summed E-state index contributed by atoms with van der Waals surface area (Å²) in [6.45, 7) is 1.98. The van der Waals surface area contributed by atoms with Crippen molar-refractivity contribution in [1.29, 1.82) is 0 Å². The molecule has 1 aliphatic heterocycles. The fraction of sp³-hybridized carbons (Fsp3) is 0.222. The second kappa shape index (κ2) is 9.89. The lowest BCUT2D eigenvalue weighted by atomic mass is 9.82. The number of imide groups is 1. The minimum Gasteiger partial charge on any atom is -0.497 e. The first kappa shape index (κ1) is 23.8. The maximum absolute atomic E-state index is 13.9. The number of carbonyl (C=O) groups excluding carboxylic acids is 3. The molecule has 0 bridgehead atoms. The van der Waals surface area contributed by atoms with Gasteiger partial charge < -0.3 is 19.5 Å². The van der Waals surface area contributed by atoms with Crippen molar-refractivity contribution >= 4 is 17.7 Å². The Hall–Kier alpha value is -4.33. The van der Waals surface area contributed by atoms with Crippen molar-refractivity contribution in [3.8, 4) is 17.2 Å². The van der Waals surface area contributed by atoms with E-state index in [1.165, 1.54) is 0 Å². The van der Waals surface area contributed by atoms with Crippen LogP contribution in [-0.2, 0) is 10.3 Å². The third kappa shape index (κ3) is 4.42. The predicted molar refractivity (Wildman–Crippen MR) is 129 cm³/mol. The number of nitrogens with zero attached hydrogens (tertiary/aromatic N) is 1. The van der Waals surface area contributed by atoms with E-state index < -0.39 is 24.0 Å². The average molecular weight is 475 g/mol. The van der Waals surface area contributed by atoms with Crippen molar-refractivity contribution < 1.29 is 28.6 Å². The quantitative estimate of drug-likeness (QED) is 0.375. The van der Waals surface area contributed by atoms with Crippen molar-refractivity contribution in [3.63, 3.8) is 0 Å². The van der Waals surface area contributed by atoms with Crippen LogP contribution in [0.3, 0.4) is 0 Å². The van der Waals surface area contributed by atoms with E-state index in [4.69, 9.17) is 14.2 Å². The molecule has 0 radical (unpaired) electrons. The number of carbonyl (C=O) groups is 3. The van der Waals surface area contributed by atoms with Crippen LogP contribution in [0.5, 0.6) is 17.2 Å². The lowest BCUT2D eigenvalue weighted by Crippen LogP contribution is -2.45. The van der Waals surface area contributed by atoms with E-state index in [-0.39, 0.29) is 5.78 Å². The van der Waals surface area contributed by atoms with Crippen LogP contribution in [0.2, 0.25) is 0 Å². The van der Waals surface area contributed by atoms with Gasteiger partial charge in [-0.3, -0.25) is 14.5 Å². The zero-order chi connectivity index (χ0) is 25.0. The molecule has 1 heterocycles. The van der Waals surface area contributed by atoms with Gasteiger partial charge in [-0.15, -0.1) is 0 Å². The molecule has 0 aliphatic carbocycles. The molecule has 1 N–H and O–H groups in total. The Morgan fingerprint density at radius 2 is 1.29 bits per heavy atom. The summed E-state index contributed by atoms with van der Waals surface area (Å²) in [5.74, 6) is 0.946. The number of hydrogen-bond donors (Lipinski definition) is 1. The van der Waals surface area contributed by atoms with Crippen molar-refractivity contribution in [2.24, 2.45) is 0 Å². The van der Waals surface area contributed by atoms with Crippen LogP contribution < -0.4 is 19.5 Å². The Balaban J connectivity index is 1.69. The van der Waals surface area contributed by atoms with E-state index in [9.17, 15) is 14.4 Å². The van der Waals surface area contributed by atoms with E-state index in [0.29, 0.717) is 40.5 Å². The molecule has 180 valence electrons. The highest BCUT2D eigenvalue weighted by atomic mass is 16.5. The highest BCUT2D eigenvalue weighted by molar-refractivity contribution is 6.13. The second-order valence-corrected chi connectivity index (χ2v) is 7.91. The Labute approximate surface area is 203 Å². The summed E-state index contributed by atoms with van der Waals surface area (Å²) in [6.07, 6.45) is 0. The van der Waals surface area contributed by atoms with E-state index >= 15 is 0 Å². The molecule has 0 saturated carbocycles.